The Morgan fingerprint density at radius 3 is 3.00 bits per heavy atom. The zero-order valence-corrected chi connectivity index (χ0v) is 9.52. The third-order valence-corrected chi connectivity index (χ3v) is 2.86. The summed E-state index contributed by atoms with van der Waals surface area (Å²) in [5.74, 6) is -0.165. The van der Waals surface area contributed by atoms with Crippen molar-refractivity contribution in [2.75, 3.05) is 5.32 Å². The van der Waals surface area contributed by atoms with Gasteiger partial charge >= 0.3 is 0 Å². The van der Waals surface area contributed by atoms with Crippen LogP contribution in [-0.4, -0.2) is 23.3 Å². The number of hydrogen-bond acceptors (Lipinski definition) is 4. The summed E-state index contributed by atoms with van der Waals surface area (Å²) in [7, 11) is 0. The fourth-order valence-corrected chi connectivity index (χ4v) is 1.92. The van der Waals surface area contributed by atoms with E-state index in [-0.39, 0.29) is 11.9 Å². The molecule has 1 aromatic carbocycles. The van der Waals surface area contributed by atoms with Crippen LogP contribution in [0.3, 0.4) is 0 Å². The molecule has 2 atom stereocenters. The number of aliphatic hydroxyl groups excluding tert-OH is 1. The molecule has 1 aromatic rings. The lowest BCUT2D eigenvalue weighted by Crippen LogP contribution is -2.49. The standard InChI is InChI=1S/C12H17N3O2/c13-7-8-2-1-3-9(6-8)14-10-4-5-11(16)15-12(10)17/h1-3,6,10-11,14,16H,4-5,7,13H2,(H,15,17). The van der Waals surface area contributed by atoms with Crippen LogP contribution in [0.1, 0.15) is 18.4 Å². The van der Waals surface area contributed by atoms with Gasteiger partial charge in [-0.25, -0.2) is 0 Å². The number of hydrogen-bond donors (Lipinski definition) is 4. The largest absolute Gasteiger partial charge is 0.374 e. The maximum Gasteiger partial charge on any atom is 0.244 e. The van der Waals surface area contributed by atoms with Gasteiger partial charge in [0.25, 0.3) is 0 Å². The lowest BCUT2D eigenvalue weighted by Gasteiger charge is -2.27. The van der Waals surface area contributed by atoms with Crippen molar-refractivity contribution in [3.63, 3.8) is 0 Å². The second kappa shape index (κ2) is 5.16. The van der Waals surface area contributed by atoms with Gasteiger partial charge in [0.1, 0.15) is 12.3 Å². The minimum Gasteiger partial charge on any atom is -0.374 e. The molecule has 2 unspecified atom stereocenters. The first kappa shape index (κ1) is 11.9. The predicted molar refractivity (Wildman–Crippen MR) is 65.1 cm³/mol. The van der Waals surface area contributed by atoms with E-state index in [4.69, 9.17) is 5.73 Å². The van der Waals surface area contributed by atoms with E-state index in [0.717, 1.165) is 11.3 Å². The maximum absolute atomic E-state index is 11.6. The molecule has 1 aliphatic rings. The number of benzene rings is 1. The van der Waals surface area contributed by atoms with Gasteiger partial charge in [0, 0.05) is 12.2 Å². The number of amides is 1. The van der Waals surface area contributed by atoms with Crippen molar-refractivity contribution < 1.29 is 9.90 Å². The number of nitrogens with two attached hydrogens (primary N) is 1. The average Bonchev–Trinajstić information content (AvgIpc) is 2.33. The second-order valence-electron chi connectivity index (χ2n) is 4.20. The molecule has 92 valence electrons. The van der Waals surface area contributed by atoms with Gasteiger partial charge in [-0.05, 0) is 30.5 Å². The quantitative estimate of drug-likeness (QED) is 0.601. The Labute approximate surface area is 100 Å². The summed E-state index contributed by atoms with van der Waals surface area (Å²) >= 11 is 0. The molecule has 5 nitrogen and oxygen atoms in total. The predicted octanol–water partition coefficient (Wildman–Crippen LogP) is 0.154. The molecule has 0 radical (unpaired) electrons. The monoisotopic (exact) mass is 235 g/mol. The molecule has 1 amide bonds. The molecule has 17 heavy (non-hydrogen) atoms. The van der Waals surface area contributed by atoms with Crippen LogP contribution in [0, 0.1) is 0 Å². The van der Waals surface area contributed by atoms with Gasteiger partial charge < -0.3 is 21.5 Å². The van der Waals surface area contributed by atoms with E-state index in [1.807, 2.05) is 24.3 Å². The molecular weight excluding hydrogens is 218 g/mol. The van der Waals surface area contributed by atoms with Crippen LogP contribution < -0.4 is 16.4 Å². The summed E-state index contributed by atoms with van der Waals surface area (Å²) in [6.45, 7) is 0.477. The highest BCUT2D eigenvalue weighted by molar-refractivity contribution is 5.85. The smallest absolute Gasteiger partial charge is 0.244 e. The van der Waals surface area contributed by atoms with Crippen LogP contribution in [0.2, 0.25) is 0 Å². The first-order valence-electron chi connectivity index (χ1n) is 5.73. The van der Waals surface area contributed by atoms with Gasteiger partial charge in [-0.1, -0.05) is 12.1 Å². The fraction of sp³-hybridized carbons (Fsp3) is 0.417. The topological polar surface area (TPSA) is 87.4 Å². The fourth-order valence-electron chi connectivity index (χ4n) is 1.92. The van der Waals surface area contributed by atoms with Gasteiger partial charge in [-0.15, -0.1) is 0 Å². The minimum absolute atomic E-state index is 0.165. The van der Waals surface area contributed by atoms with Crippen molar-refractivity contribution in [3.05, 3.63) is 29.8 Å². The first-order chi connectivity index (χ1) is 8.19. The number of nitrogens with one attached hydrogen (secondary N) is 2. The van der Waals surface area contributed by atoms with E-state index in [2.05, 4.69) is 10.6 Å². The lowest BCUT2D eigenvalue weighted by molar-refractivity contribution is -0.127. The van der Waals surface area contributed by atoms with Gasteiger partial charge in [0.05, 0.1) is 0 Å². The van der Waals surface area contributed by atoms with Crippen LogP contribution >= 0.6 is 0 Å². The van der Waals surface area contributed by atoms with Crippen LogP contribution in [0.15, 0.2) is 24.3 Å². The Morgan fingerprint density at radius 2 is 2.29 bits per heavy atom. The van der Waals surface area contributed by atoms with E-state index in [1.165, 1.54) is 0 Å². The van der Waals surface area contributed by atoms with Crippen LogP contribution in [0.5, 0.6) is 0 Å². The zero-order chi connectivity index (χ0) is 12.3. The second-order valence-corrected chi connectivity index (χ2v) is 4.20. The molecule has 0 spiro atoms. The van der Waals surface area contributed by atoms with Gasteiger partial charge in [-0.2, -0.15) is 0 Å². The van der Waals surface area contributed by atoms with E-state index >= 15 is 0 Å². The summed E-state index contributed by atoms with van der Waals surface area (Å²) < 4.78 is 0. The molecule has 1 aliphatic heterocycles. The van der Waals surface area contributed by atoms with Crippen molar-refractivity contribution in [1.82, 2.24) is 5.32 Å². The van der Waals surface area contributed by atoms with Gasteiger partial charge in [0.2, 0.25) is 5.91 Å². The molecular formula is C12H17N3O2. The van der Waals surface area contributed by atoms with Crippen molar-refractivity contribution in [2.24, 2.45) is 5.73 Å². The molecule has 0 aliphatic carbocycles. The first-order valence-corrected chi connectivity index (χ1v) is 5.73. The summed E-state index contributed by atoms with van der Waals surface area (Å²) in [6, 6.07) is 7.39. The Hall–Kier alpha value is -1.59. The molecule has 0 saturated carbocycles. The Bertz CT molecular complexity index is 408. The number of aliphatic hydroxyl groups is 1. The van der Waals surface area contributed by atoms with Crippen molar-refractivity contribution >= 4 is 11.6 Å². The van der Waals surface area contributed by atoms with Gasteiger partial charge in [-0.3, -0.25) is 4.79 Å². The molecule has 1 fully saturated rings. The minimum atomic E-state index is -0.712. The number of carbonyl (C=O) groups excluding carboxylic acids is 1. The van der Waals surface area contributed by atoms with Crippen molar-refractivity contribution in [1.29, 1.82) is 0 Å². The zero-order valence-electron chi connectivity index (χ0n) is 9.52. The molecule has 1 heterocycles. The van der Waals surface area contributed by atoms with Crippen molar-refractivity contribution in [3.8, 4) is 0 Å². The third-order valence-electron chi connectivity index (χ3n) is 2.86. The molecule has 1 saturated heterocycles. The summed E-state index contributed by atoms with van der Waals surface area (Å²) in [5, 5.41) is 14.9. The SMILES string of the molecule is NCc1cccc(NC2CCC(O)NC2=O)c1. The van der Waals surface area contributed by atoms with Gasteiger partial charge in [0.15, 0.2) is 0 Å². The summed E-state index contributed by atoms with van der Waals surface area (Å²) in [4.78, 5) is 11.6. The third kappa shape index (κ3) is 2.95. The Balaban J connectivity index is 2.02. The Morgan fingerprint density at radius 1 is 1.47 bits per heavy atom. The average molecular weight is 235 g/mol. The van der Waals surface area contributed by atoms with Crippen LogP contribution in [0.4, 0.5) is 5.69 Å². The van der Waals surface area contributed by atoms with E-state index in [0.29, 0.717) is 19.4 Å². The highest BCUT2D eigenvalue weighted by Gasteiger charge is 2.26. The number of rotatable bonds is 3. The molecule has 0 bridgehead atoms. The van der Waals surface area contributed by atoms with E-state index < -0.39 is 6.23 Å². The van der Waals surface area contributed by atoms with Crippen LogP contribution in [-0.2, 0) is 11.3 Å². The highest BCUT2D eigenvalue weighted by Crippen LogP contribution is 2.16. The van der Waals surface area contributed by atoms with Crippen molar-refractivity contribution in [2.45, 2.75) is 31.7 Å². The van der Waals surface area contributed by atoms with Crippen LogP contribution in [0.25, 0.3) is 0 Å². The summed E-state index contributed by atoms with van der Waals surface area (Å²) in [5.41, 5.74) is 7.46. The lowest BCUT2D eigenvalue weighted by atomic mass is 10.0. The number of anilines is 1. The molecule has 0 aromatic heterocycles. The normalized spacial score (nSPS) is 24.2. The molecule has 5 N–H and O–H groups in total. The molecule has 2 rings (SSSR count). The number of carbonyl (C=O) groups is 1. The Kier molecular flexibility index (Phi) is 3.61. The highest BCUT2D eigenvalue weighted by atomic mass is 16.3. The number of piperidine rings is 1. The summed E-state index contributed by atoms with van der Waals surface area (Å²) in [6.07, 6.45) is 0.482. The molecule has 5 heteroatoms. The van der Waals surface area contributed by atoms with E-state index in [9.17, 15) is 9.90 Å². The maximum atomic E-state index is 11.6. The van der Waals surface area contributed by atoms with E-state index in [1.54, 1.807) is 0 Å².